The molecular formula is C11H9NO5. The summed E-state index contributed by atoms with van der Waals surface area (Å²) in [5.41, 5.74) is 0.688. The van der Waals surface area contributed by atoms with Crippen LogP contribution in [0.4, 0.5) is 5.69 Å². The Labute approximate surface area is 96.2 Å². The van der Waals surface area contributed by atoms with Gasteiger partial charge in [0.25, 0.3) is 0 Å². The van der Waals surface area contributed by atoms with Gasteiger partial charge in [-0.2, -0.15) is 4.99 Å². The molecule has 6 nitrogen and oxygen atoms in total. The number of hydrogen-bond donors (Lipinski definition) is 2. The minimum Gasteiger partial charge on any atom is -0.481 e. The van der Waals surface area contributed by atoms with Crippen molar-refractivity contribution in [3.8, 4) is 0 Å². The van der Waals surface area contributed by atoms with Gasteiger partial charge in [0.15, 0.2) is 0 Å². The molecule has 0 bridgehead atoms. The molecule has 2 N–H and O–H groups in total. The summed E-state index contributed by atoms with van der Waals surface area (Å²) in [6.45, 7) is 0. The van der Waals surface area contributed by atoms with E-state index < -0.39 is 24.3 Å². The maximum absolute atomic E-state index is 10.9. The third-order valence-corrected chi connectivity index (χ3v) is 2.15. The zero-order valence-electron chi connectivity index (χ0n) is 8.66. The molecule has 0 radical (unpaired) electrons. The lowest BCUT2D eigenvalue weighted by atomic mass is 9.96. The molecule has 17 heavy (non-hydrogen) atoms. The number of aliphatic imine (C=N–C) groups is 1. The third kappa shape index (κ3) is 3.55. The van der Waals surface area contributed by atoms with Gasteiger partial charge in [0.2, 0.25) is 6.08 Å². The number of carboxylic acid groups (broad SMARTS) is 2. The number of nitrogens with zero attached hydrogens (tertiary/aromatic N) is 1. The summed E-state index contributed by atoms with van der Waals surface area (Å²) in [4.78, 5) is 34.7. The summed E-state index contributed by atoms with van der Waals surface area (Å²) in [7, 11) is 0. The summed E-state index contributed by atoms with van der Waals surface area (Å²) in [5.74, 6) is -3.51. The van der Waals surface area contributed by atoms with E-state index in [1.807, 2.05) is 0 Å². The third-order valence-electron chi connectivity index (χ3n) is 2.15. The highest BCUT2D eigenvalue weighted by Crippen LogP contribution is 2.22. The van der Waals surface area contributed by atoms with Crippen molar-refractivity contribution in [2.24, 2.45) is 4.99 Å². The molecule has 1 rings (SSSR count). The molecule has 6 heteroatoms. The van der Waals surface area contributed by atoms with Crippen LogP contribution in [0.5, 0.6) is 0 Å². The zero-order chi connectivity index (χ0) is 12.8. The fourth-order valence-electron chi connectivity index (χ4n) is 1.36. The van der Waals surface area contributed by atoms with Crippen LogP contribution >= 0.6 is 0 Å². The van der Waals surface area contributed by atoms with Crippen LogP contribution in [0.1, 0.15) is 17.9 Å². The fraction of sp³-hybridized carbons (Fsp3) is 0.182. The smallest absolute Gasteiger partial charge is 0.311 e. The summed E-state index contributed by atoms with van der Waals surface area (Å²) >= 11 is 0. The van der Waals surface area contributed by atoms with E-state index in [2.05, 4.69) is 4.99 Å². The van der Waals surface area contributed by atoms with Crippen LogP contribution in [-0.4, -0.2) is 28.2 Å². The minimum absolute atomic E-state index is 0.336. The van der Waals surface area contributed by atoms with E-state index in [0.29, 0.717) is 11.3 Å². The molecule has 0 aliphatic heterocycles. The maximum atomic E-state index is 10.9. The number of carboxylic acids is 2. The number of benzene rings is 1. The number of carbonyl (C=O) groups is 2. The lowest BCUT2D eigenvalue weighted by molar-refractivity contribution is -0.145. The van der Waals surface area contributed by atoms with E-state index in [9.17, 15) is 14.4 Å². The van der Waals surface area contributed by atoms with E-state index in [1.165, 1.54) is 30.3 Å². The maximum Gasteiger partial charge on any atom is 0.311 e. The first kappa shape index (κ1) is 12.6. The van der Waals surface area contributed by atoms with Crippen LogP contribution in [0.15, 0.2) is 29.3 Å². The molecule has 0 amide bonds. The monoisotopic (exact) mass is 235 g/mol. The van der Waals surface area contributed by atoms with Gasteiger partial charge in [-0.15, -0.1) is 0 Å². The lowest BCUT2D eigenvalue weighted by Gasteiger charge is -2.09. The zero-order valence-corrected chi connectivity index (χ0v) is 8.66. The van der Waals surface area contributed by atoms with Crippen molar-refractivity contribution in [3.05, 3.63) is 29.8 Å². The van der Waals surface area contributed by atoms with Crippen LogP contribution in [0, 0.1) is 0 Å². The van der Waals surface area contributed by atoms with Gasteiger partial charge in [-0.1, -0.05) is 12.1 Å². The highest BCUT2D eigenvalue weighted by molar-refractivity contribution is 5.82. The van der Waals surface area contributed by atoms with Crippen LogP contribution in [-0.2, 0) is 14.4 Å². The van der Waals surface area contributed by atoms with Crippen LogP contribution in [0.3, 0.4) is 0 Å². The molecule has 0 aliphatic carbocycles. The average Bonchev–Trinajstić information content (AvgIpc) is 2.27. The summed E-state index contributed by atoms with van der Waals surface area (Å²) in [6, 6.07) is 5.71. The second-order valence-corrected chi connectivity index (χ2v) is 3.28. The minimum atomic E-state index is -1.21. The first-order chi connectivity index (χ1) is 8.04. The summed E-state index contributed by atoms with van der Waals surface area (Å²) < 4.78 is 0. The molecule has 1 aromatic carbocycles. The van der Waals surface area contributed by atoms with Gasteiger partial charge < -0.3 is 10.2 Å². The molecule has 0 aliphatic rings. The molecule has 1 unspecified atom stereocenters. The van der Waals surface area contributed by atoms with Crippen molar-refractivity contribution >= 4 is 23.7 Å². The van der Waals surface area contributed by atoms with Crippen molar-refractivity contribution in [1.29, 1.82) is 0 Å². The Balaban J connectivity index is 2.98. The standard InChI is InChI=1S/C11H9NO5/c13-6-12-8-3-1-7(2-4-8)9(11(16)17)5-10(14)15/h1-4,9H,5H2,(H,14,15)(H,16,17). The predicted octanol–water partition coefficient (Wildman–Crippen LogP) is 1.30. The van der Waals surface area contributed by atoms with Gasteiger partial charge in [-0.3, -0.25) is 9.59 Å². The number of isocyanates is 1. The predicted molar refractivity (Wildman–Crippen MR) is 56.9 cm³/mol. The molecule has 0 saturated carbocycles. The van der Waals surface area contributed by atoms with Crippen molar-refractivity contribution in [1.82, 2.24) is 0 Å². The van der Waals surface area contributed by atoms with Gasteiger partial charge in [0.05, 0.1) is 18.0 Å². The van der Waals surface area contributed by atoms with Crippen LogP contribution < -0.4 is 0 Å². The van der Waals surface area contributed by atoms with E-state index in [-0.39, 0.29) is 0 Å². The molecule has 0 saturated heterocycles. The Morgan fingerprint density at radius 1 is 1.24 bits per heavy atom. The summed E-state index contributed by atoms with van der Waals surface area (Å²) in [5, 5.41) is 17.5. The SMILES string of the molecule is O=C=Nc1ccc(C(CC(=O)O)C(=O)O)cc1. The van der Waals surface area contributed by atoms with Gasteiger partial charge in [0, 0.05) is 0 Å². The number of hydrogen-bond acceptors (Lipinski definition) is 4. The highest BCUT2D eigenvalue weighted by atomic mass is 16.4. The van der Waals surface area contributed by atoms with E-state index >= 15 is 0 Å². The van der Waals surface area contributed by atoms with E-state index in [1.54, 1.807) is 0 Å². The molecule has 0 heterocycles. The number of aliphatic carboxylic acids is 2. The molecule has 88 valence electrons. The first-order valence-electron chi connectivity index (χ1n) is 4.67. The lowest BCUT2D eigenvalue weighted by Crippen LogP contribution is -2.15. The van der Waals surface area contributed by atoms with Crippen molar-refractivity contribution in [2.45, 2.75) is 12.3 Å². The summed E-state index contributed by atoms with van der Waals surface area (Å²) in [6.07, 6.45) is 0.858. The second kappa shape index (κ2) is 5.58. The average molecular weight is 235 g/mol. The quantitative estimate of drug-likeness (QED) is 0.591. The Hall–Kier alpha value is -2.46. The fourth-order valence-corrected chi connectivity index (χ4v) is 1.36. The Morgan fingerprint density at radius 2 is 1.82 bits per heavy atom. The topological polar surface area (TPSA) is 104 Å². The number of carbonyl (C=O) groups excluding carboxylic acids is 1. The van der Waals surface area contributed by atoms with Gasteiger partial charge in [-0.05, 0) is 17.7 Å². The highest BCUT2D eigenvalue weighted by Gasteiger charge is 2.22. The molecule has 1 atom stereocenters. The molecular weight excluding hydrogens is 226 g/mol. The Kier molecular flexibility index (Phi) is 4.14. The normalized spacial score (nSPS) is 11.3. The van der Waals surface area contributed by atoms with Crippen LogP contribution in [0.2, 0.25) is 0 Å². The number of rotatable bonds is 5. The molecule has 0 spiro atoms. The van der Waals surface area contributed by atoms with Crippen molar-refractivity contribution < 1.29 is 24.6 Å². The second-order valence-electron chi connectivity index (χ2n) is 3.28. The largest absolute Gasteiger partial charge is 0.481 e. The Morgan fingerprint density at radius 3 is 2.24 bits per heavy atom. The van der Waals surface area contributed by atoms with Gasteiger partial charge in [-0.25, -0.2) is 4.79 Å². The van der Waals surface area contributed by atoms with Crippen molar-refractivity contribution in [2.75, 3.05) is 0 Å². The molecule has 0 fully saturated rings. The van der Waals surface area contributed by atoms with Gasteiger partial charge >= 0.3 is 11.9 Å². The Bertz CT molecular complexity index is 473. The van der Waals surface area contributed by atoms with E-state index in [4.69, 9.17) is 10.2 Å². The van der Waals surface area contributed by atoms with Crippen molar-refractivity contribution in [3.63, 3.8) is 0 Å². The molecule has 0 aromatic heterocycles. The van der Waals surface area contributed by atoms with E-state index in [0.717, 1.165) is 0 Å². The van der Waals surface area contributed by atoms with Gasteiger partial charge in [0.1, 0.15) is 0 Å². The first-order valence-corrected chi connectivity index (χ1v) is 4.67. The van der Waals surface area contributed by atoms with Crippen LogP contribution in [0.25, 0.3) is 0 Å². The molecule has 1 aromatic rings.